The van der Waals surface area contributed by atoms with Crippen LogP contribution in [0.1, 0.15) is 44.0 Å². The molecule has 128 valence electrons. The number of ketones is 1. The van der Waals surface area contributed by atoms with Crippen LogP contribution < -0.4 is 5.73 Å². The van der Waals surface area contributed by atoms with Gasteiger partial charge in [-0.25, -0.2) is 0 Å². The molecule has 1 heterocycles. The number of hydrogen-bond donors (Lipinski definition) is 1. The van der Waals surface area contributed by atoms with E-state index < -0.39 is 6.04 Å². The highest BCUT2D eigenvalue weighted by Crippen LogP contribution is 2.25. The van der Waals surface area contributed by atoms with E-state index in [0.29, 0.717) is 13.1 Å². The molecular formula is C18H27ClN2O2. The third kappa shape index (κ3) is 4.79. The number of benzene rings is 1. The number of piperidine rings is 1. The second kappa shape index (κ2) is 7.93. The summed E-state index contributed by atoms with van der Waals surface area (Å²) in [6, 6.07) is 8.90. The molecule has 0 saturated carbocycles. The first-order valence-corrected chi connectivity index (χ1v) is 7.94. The fraction of sp³-hybridized carbons (Fsp3) is 0.556. The van der Waals surface area contributed by atoms with Gasteiger partial charge < -0.3 is 10.6 Å². The molecule has 2 N–H and O–H groups in total. The van der Waals surface area contributed by atoms with Gasteiger partial charge in [-0.1, -0.05) is 51.1 Å². The van der Waals surface area contributed by atoms with Crippen LogP contribution >= 0.6 is 12.4 Å². The maximum atomic E-state index is 12.4. The van der Waals surface area contributed by atoms with Crippen LogP contribution in [0.3, 0.4) is 0 Å². The molecule has 1 amide bonds. The molecular weight excluding hydrogens is 312 g/mol. The molecule has 1 fully saturated rings. The van der Waals surface area contributed by atoms with E-state index in [1.165, 1.54) is 0 Å². The normalized spacial score (nSPS) is 17.3. The number of nitrogens with zero attached hydrogens (tertiary/aromatic N) is 1. The van der Waals surface area contributed by atoms with Crippen LogP contribution in [-0.2, 0) is 4.79 Å². The third-order valence-corrected chi connectivity index (χ3v) is 4.43. The number of Topliss-reactive ketones (excluding diaryl/α,β-unsaturated/α-hetero) is 1. The second-order valence-corrected chi connectivity index (χ2v) is 7.17. The molecule has 4 nitrogen and oxygen atoms in total. The van der Waals surface area contributed by atoms with Gasteiger partial charge in [0.15, 0.2) is 5.78 Å². The minimum absolute atomic E-state index is 0. The SMILES string of the molecule is CC(C)(C)[C@H](N)C(=O)N1CCC(C(=O)c2ccccc2)CC1.Cl. The highest BCUT2D eigenvalue weighted by molar-refractivity contribution is 5.98. The summed E-state index contributed by atoms with van der Waals surface area (Å²) in [4.78, 5) is 26.7. The summed E-state index contributed by atoms with van der Waals surface area (Å²) in [5.74, 6) is 0.197. The standard InChI is InChI=1S/C18H26N2O2.ClH/c1-18(2,3)16(19)17(22)20-11-9-14(10-12-20)15(21)13-7-5-4-6-8-13;/h4-8,14,16H,9-12,19H2,1-3H3;1H/t16-;/m1./s1. The van der Waals surface area contributed by atoms with Crippen LogP contribution in [0, 0.1) is 11.3 Å². The largest absolute Gasteiger partial charge is 0.341 e. The summed E-state index contributed by atoms with van der Waals surface area (Å²) in [6.45, 7) is 7.15. The van der Waals surface area contributed by atoms with E-state index in [-0.39, 0.29) is 35.4 Å². The van der Waals surface area contributed by atoms with Gasteiger partial charge in [-0.15, -0.1) is 12.4 Å². The number of rotatable bonds is 3. The minimum Gasteiger partial charge on any atom is -0.341 e. The summed E-state index contributed by atoms with van der Waals surface area (Å²) >= 11 is 0. The van der Waals surface area contributed by atoms with Crippen molar-refractivity contribution in [2.45, 2.75) is 39.7 Å². The van der Waals surface area contributed by atoms with Crippen molar-refractivity contribution in [3.05, 3.63) is 35.9 Å². The van der Waals surface area contributed by atoms with E-state index in [1.807, 2.05) is 56.0 Å². The number of amides is 1. The predicted octanol–water partition coefficient (Wildman–Crippen LogP) is 2.90. The smallest absolute Gasteiger partial charge is 0.240 e. The summed E-state index contributed by atoms with van der Waals surface area (Å²) in [5, 5.41) is 0. The Morgan fingerprint density at radius 3 is 2.13 bits per heavy atom. The summed E-state index contributed by atoms with van der Waals surface area (Å²) in [5.41, 5.74) is 6.57. The number of halogens is 1. The molecule has 5 heteroatoms. The van der Waals surface area contributed by atoms with Gasteiger partial charge >= 0.3 is 0 Å². The predicted molar refractivity (Wildman–Crippen MR) is 94.8 cm³/mol. The van der Waals surface area contributed by atoms with Crippen molar-refractivity contribution in [2.75, 3.05) is 13.1 Å². The van der Waals surface area contributed by atoms with E-state index in [2.05, 4.69) is 0 Å². The first-order valence-electron chi connectivity index (χ1n) is 7.94. The van der Waals surface area contributed by atoms with E-state index >= 15 is 0 Å². The van der Waals surface area contributed by atoms with Crippen molar-refractivity contribution in [2.24, 2.45) is 17.1 Å². The average Bonchev–Trinajstić information content (AvgIpc) is 2.53. The molecule has 23 heavy (non-hydrogen) atoms. The van der Waals surface area contributed by atoms with E-state index in [1.54, 1.807) is 0 Å². The first-order chi connectivity index (χ1) is 10.3. The highest BCUT2D eigenvalue weighted by Gasteiger charge is 2.34. The number of hydrogen-bond acceptors (Lipinski definition) is 3. The molecule has 0 aliphatic carbocycles. The summed E-state index contributed by atoms with van der Waals surface area (Å²) in [7, 11) is 0. The van der Waals surface area contributed by atoms with Gasteiger partial charge in [0.2, 0.25) is 5.91 Å². The lowest BCUT2D eigenvalue weighted by Gasteiger charge is -2.36. The van der Waals surface area contributed by atoms with Crippen LogP contribution in [-0.4, -0.2) is 35.7 Å². The van der Waals surface area contributed by atoms with Crippen molar-refractivity contribution in [1.29, 1.82) is 0 Å². The van der Waals surface area contributed by atoms with Crippen LogP contribution in [0.4, 0.5) is 0 Å². The Balaban J connectivity index is 0.00000264. The lowest BCUT2D eigenvalue weighted by Crippen LogP contribution is -2.52. The van der Waals surface area contributed by atoms with Gasteiger partial charge in [0.05, 0.1) is 6.04 Å². The van der Waals surface area contributed by atoms with Gasteiger partial charge in [-0.3, -0.25) is 9.59 Å². The van der Waals surface area contributed by atoms with Crippen molar-refractivity contribution in [3.8, 4) is 0 Å². The molecule has 0 radical (unpaired) electrons. The summed E-state index contributed by atoms with van der Waals surface area (Å²) < 4.78 is 0. The lowest BCUT2D eigenvalue weighted by molar-refractivity contribution is -0.136. The van der Waals surface area contributed by atoms with Crippen LogP contribution in [0.25, 0.3) is 0 Å². The molecule has 0 aromatic heterocycles. The van der Waals surface area contributed by atoms with E-state index in [0.717, 1.165) is 18.4 Å². The topological polar surface area (TPSA) is 63.4 Å². The molecule has 1 aliphatic heterocycles. The van der Waals surface area contributed by atoms with Crippen molar-refractivity contribution in [3.63, 3.8) is 0 Å². The van der Waals surface area contributed by atoms with Crippen LogP contribution in [0.15, 0.2) is 30.3 Å². The fourth-order valence-corrected chi connectivity index (χ4v) is 2.77. The third-order valence-electron chi connectivity index (χ3n) is 4.43. The Bertz CT molecular complexity index is 532. The monoisotopic (exact) mass is 338 g/mol. The van der Waals surface area contributed by atoms with Crippen LogP contribution in [0.5, 0.6) is 0 Å². The fourth-order valence-electron chi connectivity index (χ4n) is 2.77. The Morgan fingerprint density at radius 2 is 1.65 bits per heavy atom. The van der Waals surface area contributed by atoms with Gasteiger partial charge in [0.1, 0.15) is 0 Å². The molecule has 1 atom stereocenters. The molecule has 0 unspecified atom stereocenters. The van der Waals surface area contributed by atoms with Gasteiger partial charge in [0.25, 0.3) is 0 Å². The van der Waals surface area contributed by atoms with E-state index in [4.69, 9.17) is 5.73 Å². The maximum absolute atomic E-state index is 12.4. The molecule has 2 rings (SSSR count). The molecule has 1 aromatic rings. The zero-order chi connectivity index (χ0) is 16.3. The molecule has 0 spiro atoms. The van der Waals surface area contributed by atoms with Gasteiger partial charge in [-0.05, 0) is 18.3 Å². The van der Waals surface area contributed by atoms with E-state index in [9.17, 15) is 9.59 Å². The van der Waals surface area contributed by atoms with Crippen molar-refractivity contribution in [1.82, 2.24) is 4.90 Å². The number of carbonyl (C=O) groups excluding carboxylic acids is 2. The number of likely N-dealkylation sites (tertiary alicyclic amines) is 1. The van der Waals surface area contributed by atoms with Gasteiger partial charge in [-0.2, -0.15) is 0 Å². The average molecular weight is 339 g/mol. The van der Waals surface area contributed by atoms with Gasteiger partial charge in [0, 0.05) is 24.6 Å². The second-order valence-electron chi connectivity index (χ2n) is 7.17. The molecule has 1 aromatic carbocycles. The molecule has 1 saturated heterocycles. The molecule has 0 bridgehead atoms. The van der Waals surface area contributed by atoms with Crippen LogP contribution in [0.2, 0.25) is 0 Å². The number of nitrogens with two attached hydrogens (primary N) is 1. The minimum atomic E-state index is -0.492. The van der Waals surface area contributed by atoms with Crippen molar-refractivity contribution >= 4 is 24.1 Å². The maximum Gasteiger partial charge on any atom is 0.240 e. The molecule has 1 aliphatic rings. The Hall–Kier alpha value is -1.39. The quantitative estimate of drug-likeness (QED) is 0.862. The Kier molecular flexibility index (Phi) is 6.78. The Morgan fingerprint density at radius 1 is 1.13 bits per heavy atom. The highest BCUT2D eigenvalue weighted by atomic mass is 35.5. The van der Waals surface area contributed by atoms with Crippen molar-refractivity contribution < 1.29 is 9.59 Å². The number of carbonyl (C=O) groups is 2. The first kappa shape index (κ1) is 19.7. The summed E-state index contributed by atoms with van der Waals surface area (Å²) in [6.07, 6.45) is 1.44. The Labute approximate surface area is 144 Å². The zero-order valence-electron chi connectivity index (χ0n) is 14.1. The lowest BCUT2D eigenvalue weighted by atomic mass is 9.85. The zero-order valence-corrected chi connectivity index (χ0v) is 14.9.